The Balaban J connectivity index is 0. The summed E-state index contributed by atoms with van der Waals surface area (Å²) in [7, 11) is 0. The zero-order valence-electron chi connectivity index (χ0n) is 11.6. The van der Waals surface area contributed by atoms with Crippen LogP contribution in [0.25, 0.3) is 12.2 Å². The minimum Gasteiger partial charge on any atom is -0.253 e. The van der Waals surface area contributed by atoms with Gasteiger partial charge in [-0.2, -0.15) is 0 Å². The summed E-state index contributed by atoms with van der Waals surface area (Å²) >= 11 is 0. The van der Waals surface area contributed by atoms with Gasteiger partial charge < -0.3 is 0 Å². The molecule has 0 aromatic carbocycles. The van der Waals surface area contributed by atoms with Crippen LogP contribution >= 0.6 is 0 Å². The highest BCUT2D eigenvalue weighted by Gasteiger charge is 2.00. The zero-order valence-corrected chi connectivity index (χ0v) is 11.6. The van der Waals surface area contributed by atoms with Crippen molar-refractivity contribution in [1.82, 2.24) is 4.98 Å². The van der Waals surface area contributed by atoms with E-state index >= 15 is 0 Å². The maximum Gasteiger partial charge on any atom is 0.0699 e. The summed E-state index contributed by atoms with van der Waals surface area (Å²) in [5, 5.41) is 0. The molecule has 90 valence electrons. The van der Waals surface area contributed by atoms with E-state index < -0.39 is 0 Å². The Morgan fingerprint density at radius 2 is 1.50 bits per heavy atom. The van der Waals surface area contributed by atoms with Gasteiger partial charge in [0.05, 0.1) is 5.69 Å². The minimum atomic E-state index is 0.910. The highest BCUT2D eigenvalue weighted by molar-refractivity contribution is 5.61. The Bertz CT molecular complexity index is 291. The average Bonchev–Trinajstić information content (AvgIpc) is 2.37. The minimum absolute atomic E-state index is 0.910. The third kappa shape index (κ3) is 4.92. The maximum atomic E-state index is 4.37. The first-order valence-corrected chi connectivity index (χ1v) is 5.92. The first-order valence-electron chi connectivity index (χ1n) is 5.92. The van der Waals surface area contributed by atoms with Gasteiger partial charge in [-0.3, -0.25) is 4.98 Å². The summed E-state index contributed by atoms with van der Waals surface area (Å²) in [6.45, 7) is 19.5. The molecule has 0 amide bonds. The van der Waals surface area contributed by atoms with Gasteiger partial charge in [0.15, 0.2) is 0 Å². The number of hydrogen-bond donors (Lipinski definition) is 0. The quantitative estimate of drug-likeness (QED) is 0.679. The fourth-order valence-electron chi connectivity index (χ4n) is 1.07. The van der Waals surface area contributed by atoms with E-state index in [-0.39, 0.29) is 0 Å². The molecular formula is C15H25N. The number of nitrogens with zero attached hydrogens (tertiary/aromatic N) is 1. The predicted molar refractivity (Wildman–Crippen MR) is 76.6 cm³/mol. The van der Waals surface area contributed by atoms with Crippen LogP contribution in [0.1, 0.15) is 50.2 Å². The van der Waals surface area contributed by atoms with Gasteiger partial charge in [0.25, 0.3) is 0 Å². The first-order chi connectivity index (χ1) is 7.69. The molecule has 1 aromatic heterocycles. The van der Waals surface area contributed by atoms with Crippen molar-refractivity contribution in [2.45, 2.75) is 41.5 Å². The van der Waals surface area contributed by atoms with E-state index in [1.54, 1.807) is 12.2 Å². The van der Waals surface area contributed by atoms with Crippen LogP contribution in [-0.2, 0) is 0 Å². The molecule has 1 rings (SSSR count). The number of rotatable bonds is 2. The van der Waals surface area contributed by atoms with Gasteiger partial charge >= 0.3 is 0 Å². The van der Waals surface area contributed by atoms with Crippen LogP contribution in [0, 0.1) is 13.8 Å². The van der Waals surface area contributed by atoms with Crippen molar-refractivity contribution in [3.63, 3.8) is 0 Å². The van der Waals surface area contributed by atoms with Gasteiger partial charge in [-0.15, -0.1) is 0 Å². The molecule has 0 saturated heterocycles. The maximum absolute atomic E-state index is 4.37. The fraction of sp³-hybridized carbons (Fsp3) is 0.400. The van der Waals surface area contributed by atoms with Crippen molar-refractivity contribution in [2.75, 3.05) is 0 Å². The summed E-state index contributed by atoms with van der Waals surface area (Å²) in [5.41, 5.74) is 4.20. The predicted octanol–water partition coefficient (Wildman–Crippen LogP) is 5.04. The van der Waals surface area contributed by atoms with Crippen LogP contribution in [0.3, 0.4) is 0 Å². The first kappa shape index (κ1) is 17.0. The third-order valence-corrected chi connectivity index (χ3v) is 1.94. The fourth-order valence-corrected chi connectivity index (χ4v) is 1.07. The standard InChI is InChI=1S/C11H13N.2C2H6/c1-5-10-7-8(3)9(4)12-11(10)6-2;2*1-2/h5-7H,1-2H2,3-4H3;2*1-2H3. The molecule has 16 heavy (non-hydrogen) atoms. The third-order valence-electron chi connectivity index (χ3n) is 1.94. The summed E-state index contributed by atoms with van der Waals surface area (Å²) in [6, 6.07) is 2.08. The van der Waals surface area contributed by atoms with Crippen molar-refractivity contribution in [3.8, 4) is 0 Å². The molecule has 1 nitrogen and oxygen atoms in total. The lowest BCUT2D eigenvalue weighted by Gasteiger charge is -2.04. The van der Waals surface area contributed by atoms with Crippen molar-refractivity contribution in [3.05, 3.63) is 41.7 Å². The van der Waals surface area contributed by atoms with E-state index in [1.807, 2.05) is 41.5 Å². The Hall–Kier alpha value is -1.37. The second kappa shape index (κ2) is 10.2. The highest BCUT2D eigenvalue weighted by Crippen LogP contribution is 2.13. The van der Waals surface area contributed by atoms with Crippen LogP contribution in [0.15, 0.2) is 19.2 Å². The second-order valence-corrected chi connectivity index (χ2v) is 2.77. The lowest BCUT2D eigenvalue weighted by molar-refractivity contribution is 1.13. The van der Waals surface area contributed by atoms with E-state index in [2.05, 4.69) is 24.2 Å². The van der Waals surface area contributed by atoms with E-state index in [4.69, 9.17) is 0 Å². The summed E-state index contributed by atoms with van der Waals surface area (Å²) in [6.07, 6.45) is 3.56. The molecule has 0 aliphatic carbocycles. The summed E-state index contributed by atoms with van der Waals surface area (Å²) in [4.78, 5) is 4.37. The van der Waals surface area contributed by atoms with Crippen LogP contribution in [0.4, 0.5) is 0 Å². The lowest BCUT2D eigenvalue weighted by atomic mass is 10.1. The topological polar surface area (TPSA) is 12.9 Å². The van der Waals surface area contributed by atoms with Gasteiger partial charge in [0.2, 0.25) is 0 Å². The molecule has 0 saturated carbocycles. The SMILES string of the molecule is C=Cc1cc(C)c(C)nc1C=C.CC.CC. The Morgan fingerprint density at radius 1 is 1.00 bits per heavy atom. The number of hydrogen-bond acceptors (Lipinski definition) is 1. The molecule has 0 fully saturated rings. The Morgan fingerprint density at radius 3 is 1.88 bits per heavy atom. The smallest absolute Gasteiger partial charge is 0.0699 e. The van der Waals surface area contributed by atoms with Gasteiger partial charge in [0.1, 0.15) is 0 Å². The molecule has 0 radical (unpaired) electrons. The molecule has 1 heteroatoms. The van der Waals surface area contributed by atoms with Crippen molar-refractivity contribution < 1.29 is 0 Å². The Kier molecular flexibility index (Phi) is 10.8. The monoisotopic (exact) mass is 219 g/mol. The Labute approximate surface area is 101 Å². The molecule has 0 aliphatic rings. The van der Waals surface area contributed by atoms with Crippen LogP contribution in [0.2, 0.25) is 0 Å². The van der Waals surface area contributed by atoms with Gasteiger partial charge in [-0.1, -0.05) is 46.9 Å². The van der Waals surface area contributed by atoms with Crippen molar-refractivity contribution in [2.24, 2.45) is 0 Å². The van der Waals surface area contributed by atoms with Crippen LogP contribution in [-0.4, -0.2) is 4.98 Å². The zero-order chi connectivity index (χ0) is 13.1. The van der Waals surface area contributed by atoms with Gasteiger partial charge in [-0.25, -0.2) is 0 Å². The molecule has 0 aliphatic heterocycles. The molecule has 1 heterocycles. The van der Waals surface area contributed by atoms with E-state index in [0.29, 0.717) is 0 Å². The molecule has 1 aromatic rings. The van der Waals surface area contributed by atoms with E-state index in [9.17, 15) is 0 Å². The van der Waals surface area contributed by atoms with Crippen molar-refractivity contribution in [1.29, 1.82) is 0 Å². The highest BCUT2D eigenvalue weighted by atomic mass is 14.7. The van der Waals surface area contributed by atoms with E-state index in [1.165, 1.54) is 5.56 Å². The van der Waals surface area contributed by atoms with Gasteiger partial charge in [0, 0.05) is 5.69 Å². The molecule has 0 spiro atoms. The molecule has 0 bridgehead atoms. The second-order valence-electron chi connectivity index (χ2n) is 2.77. The molecule has 0 unspecified atom stereocenters. The molecular weight excluding hydrogens is 194 g/mol. The molecule has 0 atom stereocenters. The molecule has 0 N–H and O–H groups in total. The van der Waals surface area contributed by atoms with Crippen LogP contribution in [0.5, 0.6) is 0 Å². The van der Waals surface area contributed by atoms with Crippen LogP contribution < -0.4 is 0 Å². The summed E-state index contributed by atoms with van der Waals surface area (Å²) in [5.74, 6) is 0. The van der Waals surface area contributed by atoms with E-state index in [0.717, 1.165) is 17.0 Å². The normalized spacial score (nSPS) is 7.88. The number of aryl methyl sites for hydroxylation is 2. The van der Waals surface area contributed by atoms with Gasteiger partial charge in [-0.05, 0) is 37.1 Å². The summed E-state index contributed by atoms with van der Waals surface area (Å²) < 4.78 is 0. The largest absolute Gasteiger partial charge is 0.253 e. The van der Waals surface area contributed by atoms with Crippen molar-refractivity contribution >= 4 is 12.2 Å². The lowest BCUT2D eigenvalue weighted by Crippen LogP contribution is -1.93. The number of aromatic nitrogens is 1. The number of pyridine rings is 1. The average molecular weight is 219 g/mol.